The van der Waals surface area contributed by atoms with E-state index in [9.17, 15) is 4.79 Å². The van der Waals surface area contributed by atoms with Crippen molar-refractivity contribution < 1.29 is 4.79 Å². The van der Waals surface area contributed by atoms with Crippen molar-refractivity contribution in [2.75, 3.05) is 19.6 Å². The summed E-state index contributed by atoms with van der Waals surface area (Å²) in [4.78, 5) is 11.1. The van der Waals surface area contributed by atoms with E-state index in [-0.39, 0.29) is 24.4 Å². The van der Waals surface area contributed by atoms with E-state index in [1.807, 2.05) is 0 Å². The fraction of sp³-hybridized carbons (Fsp3) is 0.889. The van der Waals surface area contributed by atoms with Gasteiger partial charge in [0.1, 0.15) is 0 Å². The van der Waals surface area contributed by atoms with Crippen LogP contribution in [0, 0.1) is 5.92 Å². The van der Waals surface area contributed by atoms with Crippen LogP contribution in [0.3, 0.4) is 0 Å². The number of nitrogens with one attached hydrogen (secondary N) is 2. The van der Waals surface area contributed by atoms with Crippen LogP contribution in [0.25, 0.3) is 0 Å². The highest BCUT2D eigenvalue weighted by atomic mass is 35.5. The van der Waals surface area contributed by atoms with E-state index in [1.165, 1.54) is 0 Å². The Morgan fingerprint density at radius 3 is 2.64 bits per heavy atom. The number of halogens is 1. The van der Waals surface area contributed by atoms with Gasteiger partial charge in [-0.1, -0.05) is 0 Å². The minimum atomic E-state index is -0.387. The minimum absolute atomic E-state index is 0. The lowest BCUT2D eigenvalue weighted by atomic mass is 9.98. The molecule has 1 fully saturated rings. The molecule has 1 amide bonds. The molecule has 84 valence electrons. The molecule has 14 heavy (non-hydrogen) atoms. The summed E-state index contributed by atoms with van der Waals surface area (Å²) in [6, 6.07) is -0.387. The van der Waals surface area contributed by atoms with Gasteiger partial charge in [-0.25, -0.2) is 0 Å². The molecule has 1 aliphatic heterocycles. The Morgan fingerprint density at radius 2 is 2.14 bits per heavy atom. The van der Waals surface area contributed by atoms with Crippen LogP contribution in [-0.4, -0.2) is 31.6 Å². The van der Waals surface area contributed by atoms with Gasteiger partial charge in [0.2, 0.25) is 5.91 Å². The van der Waals surface area contributed by atoms with E-state index < -0.39 is 0 Å². The lowest BCUT2D eigenvalue weighted by Gasteiger charge is -2.23. The standard InChI is InChI=1S/C9H19N3O.ClH/c1-7(10)9(13)12-6-8-2-4-11-5-3-8;/h7-8,11H,2-6,10H2,1H3,(H,12,13);1H/t7-;/m1./s1. The number of amides is 1. The maximum atomic E-state index is 11.1. The van der Waals surface area contributed by atoms with Gasteiger partial charge in [0.25, 0.3) is 0 Å². The van der Waals surface area contributed by atoms with Gasteiger partial charge in [-0.05, 0) is 38.8 Å². The molecule has 4 N–H and O–H groups in total. The summed E-state index contributed by atoms with van der Waals surface area (Å²) in [7, 11) is 0. The van der Waals surface area contributed by atoms with E-state index in [2.05, 4.69) is 10.6 Å². The molecule has 1 aliphatic rings. The monoisotopic (exact) mass is 221 g/mol. The highest BCUT2D eigenvalue weighted by Crippen LogP contribution is 2.09. The largest absolute Gasteiger partial charge is 0.354 e. The summed E-state index contributed by atoms with van der Waals surface area (Å²) in [5, 5.41) is 6.15. The van der Waals surface area contributed by atoms with Crippen molar-refractivity contribution in [2.24, 2.45) is 11.7 Å². The third-order valence-electron chi connectivity index (χ3n) is 2.44. The number of nitrogens with two attached hydrogens (primary N) is 1. The van der Waals surface area contributed by atoms with E-state index in [0.29, 0.717) is 5.92 Å². The Kier molecular flexibility index (Phi) is 6.87. The van der Waals surface area contributed by atoms with Gasteiger partial charge in [-0.15, -0.1) is 12.4 Å². The summed E-state index contributed by atoms with van der Waals surface area (Å²) < 4.78 is 0. The highest BCUT2D eigenvalue weighted by molar-refractivity contribution is 5.85. The van der Waals surface area contributed by atoms with Crippen molar-refractivity contribution in [1.29, 1.82) is 0 Å². The molecule has 0 aromatic carbocycles. The molecule has 0 spiro atoms. The van der Waals surface area contributed by atoms with Crippen LogP contribution in [0.15, 0.2) is 0 Å². The third kappa shape index (κ3) is 4.79. The Labute approximate surface area is 91.4 Å². The molecule has 0 bridgehead atoms. The summed E-state index contributed by atoms with van der Waals surface area (Å²) in [6.45, 7) is 4.62. The molecular formula is C9H20ClN3O. The fourth-order valence-corrected chi connectivity index (χ4v) is 1.49. The minimum Gasteiger partial charge on any atom is -0.354 e. The van der Waals surface area contributed by atoms with E-state index in [1.54, 1.807) is 6.92 Å². The van der Waals surface area contributed by atoms with E-state index >= 15 is 0 Å². The van der Waals surface area contributed by atoms with Crippen LogP contribution in [-0.2, 0) is 4.79 Å². The third-order valence-corrected chi connectivity index (χ3v) is 2.44. The van der Waals surface area contributed by atoms with Gasteiger partial charge in [0.05, 0.1) is 6.04 Å². The molecule has 1 saturated heterocycles. The number of carbonyl (C=O) groups excluding carboxylic acids is 1. The van der Waals surface area contributed by atoms with Crippen LogP contribution in [0.4, 0.5) is 0 Å². The quantitative estimate of drug-likeness (QED) is 0.622. The van der Waals surface area contributed by atoms with Crippen LogP contribution in [0.1, 0.15) is 19.8 Å². The van der Waals surface area contributed by atoms with E-state index in [0.717, 1.165) is 32.5 Å². The van der Waals surface area contributed by atoms with Gasteiger partial charge in [-0.3, -0.25) is 4.79 Å². The molecule has 4 nitrogen and oxygen atoms in total. The molecule has 0 aliphatic carbocycles. The second kappa shape index (κ2) is 7.04. The number of hydrogen-bond donors (Lipinski definition) is 3. The molecule has 0 radical (unpaired) electrons. The normalized spacial score (nSPS) is 19.6. The molecule has 0 saturated carbocycles. The average molecular weight is 222 g/mol. The zero-order valence-corrected chi connectivity index (χ0v) is 9.40. The van der Waals surface area contributed by atoms with Gasteiger partial charge in [-0.2, -0.15) is 0 Å². The first-order valence-corrected chi connectivity index (χ1v) is 4.94. The van der Waals surface area contributed by atoms with Crippen LogP contribution < -0.4 is 16.4 Å². The lowest BCUT2D eigenvalue weighted by molar-refractivity contribution is -0.122. The Balaban J connectivity index is 0.00000169. The topological polar surface area (TPSA) is 67.2 Å². The van der Waals surface area contributed by atoms with Crippen molar-refractivity contribution in [3.8, 4) is 0 Å². The molecule has 0 aromatic rings. The average Bonchev–Trinajstić information content (AvgIpc) is 2.15. The molecule has 5 heteroatoms. The first kappa shape index (κ1) is 13.7. The van der Waals surface area contributed by atoms with Gasteiger partial charge >= 0.3 is 0 Å². The SMILES string of the molecule is C[C@@H](N)C(=O)NCC1CCNCC1.Cl. The van der Waals surface area contributed by atoms with Gasteiger partial charge in [0, 0.05) is 6.54 Å². The molecular weight excluding hydrogens is 202 g/mol. The zero-order valence-electron chi connectivity index (χ0n) is 8.58. The fourth-order valence-electron chi connectivity index (χ4n) is 1.49. The summed E-state index contributed by atoms with van der Waals surface area (Å²) >= 11 is 0. The first-order chi connectivity index (χ1) is 6.20. The highest BCUT2D eigenvalue weighted by Gasteiger charge is 2.14. The number of rotatable bonds is 3. The summed E-state index contributed by atoms with van der Waals surface area (Å²) in [5.74, 6) is 0.586. The molecule has 1 heterocycles. The second-order valence-corrected chi connectivity index (χ2v) is 3.73. The van der Waals surface area contributed by atoms with Crippen LogP contribution in [0.5, 0.6) is 0 Å². The maximum absolute atomic E-state index is 11.1. The summed E-state index contributed by atoms with van der Waals surface area (Å²) in [6.07, 6.45) is 2.30. The van der Waals surface area contributed by atoms with Gasteiger partial charge in [0.15, 0.2) is 0 Å². The number of piperidine rings is 1. The predicted molar refractivity (Wildman–Crippen MR) is 59.5 cm³/mol. The van der Waals surface area contributed by atoms with Crippen molar-refractivity contribution in [1.82, 2.24) is 10.6 Å². The Bertz CT molecular complexity index is 169. The van der Waals surface area contributed by atoms with E-state index in [4.69, 9.17) is 5.73 Å². The van der Waals surface area contributed by atoms with Crippen molar-refractivity contribution in [3.63, 3.8) is 0 Å². The molecule has 0 unspecified atom stereocenters. The lowest BCUT2D eigenvalue weighted by Crippen LogP contribution is -2.42. The first-order valence-electron chi connectivity index (χ1n) is 4.94. The maximum Gasteiger partial charge on any atom is 0.236 e. The second-order valence-electron chi connectivity index (χ2n) is 3.73. The van der Waals surface area contributed by atoms with Crippen molar-refractivity contribution in [2.45, 2.75) is 25.8 Å². The smallest absolute Gasteiger partial charge is 0.236 e. The van der Waals surface area contributed by atoms with Gasteiger partial charge < -0.3 is 16.4 Å². The molecule has 1 rings (SSSR count). The molecule has 0 aromatic heterocycles. The van der Waals surface area contributed by atoms with Crippen LogP contribution >= 0.6 is 12.4 Å². The predicted octanol–water partition coefficient (Wildman–Crippen LogP) is -0.129. The zero-order chi connectivity index (χ0) is 9.68. The van der Waals surface area contributed by atoms with Crippen LogP contribution in [0.2, 0.25) is 0 Å². The Morgan fingerprint density at radius 1 is 1.57 bits per heavy atom. The summed E-state index contributed by atoms with van der Waals surface area (Å²) in [5.41, 5.74) is 5.43. The number of carbonyl (C=O) groups is 1. The Hall–Kier alpha value is -0.320. The van der Waals surface area contributed by atoms with Crippen molar-refractivity contribution >= 4 is 18.3 Å². The molecule has 1 atom stereocenters. The van der Waals surface area contributed by atoms with Crippen molar-refractivity contribution in [3.05, 3.63) is 0 Å². The number of hydrogen-bond acceptors (Lipinski definition) is 3.